The second kappa shape index (κ2) is 7.66. The van der Waals surface area contributed by atoms with Gasteiger partial charge in [-0.2, -0.15) is 0 Å². The van der Waals surface area contributed by atoms with Crippen LogP contribution < -0.4 is 5.32 Å². The zero-order chi connectivity index (χ0) is 15.2. The molecule has 0 saturated heterocycles. The summed E-state index contributed by atoms with van der Waals surface area (Å²) in [5.41, 5.74) is 3.24. The molecule has 0 spiro atoms. The van der Waals surface area contributed by atoms with Crippen LogP contribution in [0.1, 0.15) is 36.7 Å². The number of hydrogen-bond donors (Lipinski definition) is 1. The summed E-state index contributed by atoms with van der Waals surface area (Å²) < 4.78 is 14.2. The minimum absolute atomic E-state index is 0.0873. The SMILES string of the molecule is CCNC(Cc1cccc(F)c1Br)c1ncccc1CC. The molecule has 2 aromatic rings. The summed E-state index contributed by atoms with van der Waals surface area (Å²) >= 11 is 3.34. The van der Waals surface area contributed by atoms with E-state index in [2.05, 4.69) is 46.1 Å². The van der Waals surface area contributed by atoms with Crippen molar-refractivity contribution in [1.29, 1.82) is 0 Å². The van der Waals surface area contributed by atoms with Crippen LogP contribution in [-0.2, 0) is 12.8 Å². The Hall–Kier alpha value is -1.26. The van der Waals surface area contributed by atoms with Crippen molar-refractivity contribution < 1.29 is 4.39 Å². The summed E-state index contributed by atoms with van der Waals surface area (Å²) in [5.74, 6) is -0.223. The number of rotatable bonds is 6. The molecule has 112 valence electrons. The number of nitrogens with zero attached hydrogens (tertiary/aromatic N) is 1. The molecule has 2 rings (SSSR count). The van der Waals surface area contributed by atoms with E-state index in [9.17, 15) is 4.39 Å². The van der Waals surface area contributed by atoms with Crippen molar-refractivity contribution in [1.82, 2.24) is 10.3 Å². The lowest BCUT2D eigenvalue weighted by atomic mass is 9.98. The molecule has 0 saturated carbocycles. The lowest BCUT2D eigenvalue weighted by Gasteiger charge is -2.20. The molecule has 1 atom stereocenters. The van der Waals surface area contributed by atoms with E-state index < -0.39 is 0 Å². The third kappa shape index (κ3) is 3.89. The van der Waals surface area contributed by atoms with Crippen molar-refractivity contribution >= 4 is 15.9 Å². The maximum absolute atomic E-state index is 13.7. The van der Waals surface area contributed by atoms with Crippen LogP contribution in [0.15, 0.2) is 41.0 Å². The average molecular weight is 351 g/mol. The van der Waals surface area contributed by atoms with E-state index in [-0.39, 0.29) is 11.9 Å². The number of aryl methyl sites for hydroxylation is 1. The fraction of sp³-hybridized carbons (Fsp3) is 0.353. The van der Waals surface area contributed by atoms with Gasteiger partial charge in [-0.1, -0.05) is 32.0 Å². The molecular formula is C17H20BrFN2. The Morgan fingerprint density at radius 3 is 2.67 bits per heavy atom. The van der Waals surface area contributed by atoms with E-state index in [1.807, 2.05) is 18.3 Å². The van der Waals surface area contributed by atoms with Gasteiger partial charge in [0.25, 0.3) is 0 Å². The summed E-state index contributed by atoms with van der Waals surface area (Å²) in [5, 5.41) is 3.46. The molecule has 1 unspecified atom stereocenters. The fourth-order valence-corrected chi connectivity index (χ4v) is 2.93. The molecule has 0 bridgehead atoms. The van der Waals surface area contributed by atoms with Gasteiger partial charge in [-0.3, -0.25) is 4.98 Å². The van der Waals surface area contributed by atoms with Crippen LogP contribution in [0.4, 0.5) is 4.39 Å². The minimum atomic E-state index is -0.223. The molecule has 0 aliphatic carbocycles. The lowest BCUT2D eigenvalue weighted by molar-refractivity contribution is 0.528. The van der Waals surface area contributed by atoms with Gasteiger partial charge in [-0.05, 0) is 58.6 Å². The quantitative estimate of drug-likeness (QED) is 0.832. The van der Waals surface area contributed by atoms with Gasteiger partial charge in [0.1, 0.15) is 5.82 Å². The summed E-state index contributed by atoms with van der Waals surface area (Å²) in [6.07, 6.45) is 3.46. The number of nitrogens with one attached hydrogen (secondary N) is 1. The van der Waals surface area contributed by atoms with Crippen molar-refractivity contribution in [3.8, 4) is 0 Å². The predicted octanol–water partition coefficient (Wildman–Crippen LogP) is 4.44. The third-order valence-corrected chi connectivity index (χ3v) is 4.43. The zero-order valence-electron chi connectivity index (χ0n) is 12.4. The van der Waals surface area contributed by atoms with Crippen LogP contribution in [0.5, 0.6) is 0 Å². The molecule has 1 heterocycles. The van der Waals surface area contributed by atoms with Crippen molar-refractivity contribution in [2.24, 2.45) is 0 Å². The smallest absolute Gasteiger partial charge is 0.137 e. The van der Waals surface area contributed by atoms with E-state index >= 15 is 0 Å². The van der Waals surface area contributed by atoms with Gasteiger partial charge < -0.3 is 5.32 Å². The van der Waals surface area contributed by atoms with E-state index in [1.54, 1.807) is 6.07 Å². The first-order chi connectivity index (χ1) is 10.2. The highest BCUT2D eigenvalue weighted by Crippen LogP contribution is 2.26. The van der Waals surface area contributed by atoms with Crippen molar-refractivity contribution in [3.05, 3.63) is 63.6 Å². The largest absolute Gasteiger partial charge is 0.309 e. The first-order valence-electron chi connectivity index (χ1n) is 7.27. The Bertz CT molecular complexity index is 601. The topological polar surface area (TPSA) is 24.9 Å². The highest BCUT2D eigenvalue weighted by molar-refractivity contribution is 9.10. The first kappa shape index (κ1) is 16.1. The molecule has 4 heteroatoms. The van der Waals surface area contributed by atoms with E-state index in [1.165, 1.54) is 11.6 Å². The number of hydrogen-bond acceptors (Lipinski definition) is 2. The van der Waals surface area contributed by atoms with Gasteiger partial charge in [0.05, 0.1) is 16.2 Å². The second-order valence-electron chi connectivity index (χ2n) is 4.93. The third-order valence-electron chi connectivity index (χ3n) is 3.54. The summed E-state index contributed by atoms with van der Waals surface area (Å²) in [6, 6.07) is 9.32. The Labute approximate surface area is 133 Å². The minimum Gasteiger partial charge on any atom is -0.309 e. The van der Waals surface area contributed by atoms with E-state index in [0.717, 1.165) is 24.2 Å². The molecule has 0 radical (unpaired) electrons. The number of benzene rings is 1. The second-order valence-corrected chi connectivity index (χ2v) is 5.72. The highest BCUT2D eigenvalue weighted by Gasteiger charge is 2.17. The highest BCUT2D eigenvalue weighted by atomic mass is 79.9. The number of halogens is 2. The summed E-state index contributed by atoms with van der Waals surface area (Å²) in [6.45, 7) is 5.04. The molecule has 1 aromatic heterocycles. The van der Waals surface area contributed by atoms with Crippen LogP contribution in [-0.4, -0.2) is 11.5 Å². The van der Waals surface area contributed by atoms with Crippen LogP contribution in [0.3, 0.4) is 0 Å². The summed E-state index contributed by atoms with van der Waals surface area (Å²) in [4.78, 5) is 4.55. The summed E-state index contributed by atoms with van der Waals surface area (Å²) in [7, 11) is 0. The van der Waals surface area contributed by atoms with Crippen molar-refractivity contribution in [2.45, 2.75) is 32.7 Å². The van der Waals surface area contributed by atoms with Crippen molar-refractivity contribution in [2.75, 3.05) is 6.54 Å². The normalized spacial score (nSPS) is 12.4. The van der Waals surface area contributed by atoms with Gasteiger partial charge in [0, 0.05) is 6.20 Å². The Morgan fingerprint density at radius 1 is 1.19 bits per heavy atom. The van der Waals surface area contributed by atoms with Crippen molar-refractivity contribution in [3.63, 3.8) is 0 Å². The predicted molar refractivity (Wildman–Crippen MR) is 87.8 cm³/mol. The molecule has 0 fully saturated rings. The Morgan fingerprint density at radius 2 is 1.95 bits per heavy atom. The van der Waals surface area contributed by atoms with Crippen LogP contribution in [0.2, 0.25) is 0 Å². The fourth-order valence-electron chi connectivity index (χ4n) is 2.50. The number of likely N-dealkylation sites (N-methyl/N-ethyl adjacent to an activating group) is 1. The van der Waals surface area contributed by atoms with Gasteiger partial charge in [-0.25, -0.2) is 4.39 Å². The maximum atomic E-state index is 13.7. The van der Waals surface area contributed by atoms with Gasteiger partial charge in [-0.15, -0.1) is 0 Å². The van der Waals surface area contributed by atoms with Crippen LogP contribution in [0, 0.1) is 5.82 Å². The lowest BCUT2D eigenvalue weighted by Crippen LogP contribution is -2.25. The standard InChI is InChI=1S/C17H20BrFN2/c1-3-12-8-6-10-21-17(12)15(20-4-2)11-13-7-5-9-14(19)16(13)18/h5-10,15,20H,3-4,11H2,1-2H3. The Kier molecular flexibility index (Phi) is 5.88. The molecule has 1 N–H and O–H groups in total. The molecule has 0 aliphatic rings. The maximum Gasteiger partial charge on any atom is 0.137 e. The molecular weight excluding hydrogens is 331 g/mol. The van der Waals surface area contributed by atoms with Crippen LogP contribution >= 0.6 is 15.9 Å². The van der Waals surface area contributed by atoms with Crippen LogP contribution in [0.25, 0.3) is 0 Å². The average Bonchev–Trinajstić information content (AvgIpc) is 2.51. The van der Waals surface area contributed by atoms with Gasteiger partial charge in [0.2, 0.25) is 0 Å². The van der Waals surface area contributed by atoms with Gasteiger partial charge in [0.15, 0.2) is 0 Å². The number of pyridine rings is 1. The number of aromatic nitrogens is 1. The van der Waals surface area contributed by atoms with E-state index in [0.29, 0.717) is 10.9 Å². The van der Waals surface area contributed by atoms with Gasteiger partial charge >= 0.3 is 0 Å². The molecule has 0 aliphatic heterocycles. The first-order valence-corrected chi connectivity index (χ1v) is 8.06. The van der Waals surface area contributed by atoms with E-state index in [4.69, 9.17) is 0 Å². The zero-order valence-corrected chi connectivity index (χ0v) is 14.0. The molecule has 1 aromatic carbocycles. The monoisotopic (exact) mass is 350 g/mol. The Balaban J connectivity index is 2.33. The molecule has 0 amide bonds. The molecule has 2 nitrogen and oxygen atoms in total. The molecule has 21 heavy (non-hydrogen) atoms.